The first-order chi connectivity index (χ1) is 18.6. The Balaban J connectivity index is 3.54. The maximum absolute atomic E-state index is 11.9. The van der Waals surface area contributed by atoms with E-state index in [2.05, 4.69) is 10.6 Å². The van der Waals surface area contributed by atoms with Crippen LogP contribution in [0.2, 0.25) is 0 Å². The van der Waals surface area contributed by atoms with E-state index in [0.29, 0.717) is 39.6 Å². The van der Waals surface area contributed by atoms with E-state index in [1.807, 2.05) is 0 Å². The van der Waals surface area contributed by atoms with Crippen LogP contribution in [0.15, 0.2) is 0 Å². The largest absolute Gasteiger partial charge is 0.460 e. The van der Waals surface area contributed by atoms with Gasteiger partial charge in [-0.25, -0.2) is 0 Å². The molecular weight excluding hydrogens is 528 g/mol. The molecule has 0 saturated carbocycles. The molecule has 2 amide bonds. The second-order valence-electron chi connectivity index (χ2n) is 10.8. The van der Waals surface area contributed by atoms with Gasteiger partial charge in [-0.1, -0.05) is 0 Å². The Labute approximate surface area is 237 Å². The normalized spacial score (nSPS) is 13.3. The fourth-order valence-corrected chi connectivity index (χ4v) is 2.83. The molecule has 40 heavy (non-hydrogen) atoms. The first-order valence-electron chi connectivity index (χ1n) is 13.4. The van der Waals surface area contributed by atoms with Crippen LogP contribution in [0.1, 0.15) is 54.4 Å². The molecule has 6 N–H and O–H groups in total. The van der Waals surface area contributed by atoms with Gasteiger partial charge < -0.3 is 50.5 Å². The third kappa shape index (κ3) is 23.5. The van der Waals surface area contributed by atoms with Crippen LogP contribution in [0, 0.1) is 0 Å². The van der Waals surface area contributed by atoms with Gasteiger partial charge >= 0.3 is 11.9 Å². The van der Waals surface area contributed by atoms with E-state index >= 15 is 0 Å². The zero-order valence-corrected chi connectivity index (χ0v) is 24.9. The molecule has 0 aliphatic heterocycles. The molecule has 14 heteroatoms. The number of nitrogens with one attached hydrogen (secondary N) is 2. The molecule has 0 heterocycles. The fourth-order valence-electron chi connectivity index (χ4n) is 2.83. The number of carbonyl (C=O) groups is 4. The minimum atomic E-state index is -0.981. The Morgan fingerprint density at radius 1 is 0.550 bits per heavy atom. The lowest BCUT2D eigenvalue weighted by Crippen LogP contribution is -2.43. The summed E-state index contributed by atoms with van der Waals surface area (Å²) in [5.41, 5.74) is 10.2. The van der Waals surface area contributed by atoms with E-state index in [-0.39, 0.29) is 39.1 Å². The van der Waals surface area contributed by atoms with Gasteiger partial charge in [0.15, 0.2) is 0 Å². The number of amides is 2. The highest BCUT2D eigenvalue weighted by Crippen LogP contribution is 2.09. The van der Waals surface area contributed by atoms with Crippen LogP contribution in [0.5, 0.6) is 0 Å². The maximum atomic E-state index is 11.9. The summed E-state index contributed by atoms with van der Waals surface area (Å²) < 4.78 is 31.8. The van der Waals surface area contributed by atoms with Gasteiger partial charge in [0.05, 0.1) is 77.8 Å². The van der Waals surface area contributed by atoms with E-state index in [0.717, 1.165) is 0 Å². The molecule has 0 rings (SSSR count). The fraction of sp³-hybridized carbons (Fsp3) is 0.846. The predicted octanol–water partition coefficient (Wildman–Crippen LogP) is -0.597. The molecule has 0 bridgehead atoms. The maximum Gasteiger partial charge on any atom is 0.308 e. The van der Waals surface area contributed by atoms with Crippen LogP contribution < -0.4 is 22.1 Å². The van der Waals surface area contributed by atoms with E-state index in [1.54, 1.807) is 41.5 Å². The Hall–Kier alpha value is -2.36. The smallest absolute Gasteiger partial charge is 0.308 e. The van der Waals surface area contributed by atoms with Crippen molar-refractivity contribution in [2.24, 2.45) is 11.5 Å². The van der Waals surface area contributed by atoms with Gasteiger partial charge in [-0.05, 0) is 41.5 Å². The minimum absolute atomic E-state index is 0.196. The highest BCUT2D eigenvalue weighted by Gasteiger charge is 2.23. The molecule has 0 aliphatic rings. The molecule has 2 unspecified atom stereocenters. The molecule has 14 nitrogen and oxygen atoms in total. The first kappa shape index (κ1) is 37.6. The molecule has 0 spiro atoms. The third-order valence-electron chi connectivity index (χ3n) is 4.49. The molecule has 0 aromatic carbocycles. The molecule has 2 atom stereocenters. The molecule has 0 aliphatic carbocycles. The van der Waals surface area contributed by atoms with Crippen molar-refractivity contribution in [1.29, 1.82) is 0 Å². The molecule has 0 fully saturated rings. The van der Waals surface area contributed by atoms with Gasteiger partial charge in [-0.2, -0.15) is 0 Å². The quantitative estimate of drug-likeness (QED) is 0.0997. The monoisotopic (exact) mass is 578 g/mol. The van der Waals surface area contributed by atoms with E-state index in [1.165, 1.54) is 0 Å². The Morgan fingerprint density at radius 2 is 0.825 bits per heavy atom. The van der Waals surface area contributed by atoms with Crippen molar-refractivity contribution in [1.82, 2.24) is 10.6 Å². The Kier molecular flexibility index (Phi) is 19.3. The highest BCUT2D eigenvalue weighted by atomic mass is 16.6. The summed E-state index contributed by atoms with van der Waals surface area (Å²) in [5.74, 6) is -1.95. The molecule has 0 saturated heterocycles. The number of esters is 2. The van der Waals surface area contributed by atoms with Gasteiger partial charge in [0.1, 0.15) is 11.2 Å². The molecule has 0 aromatic rings. The van der Waals surface area contributed by atoms with Crippen molar-refractivity contribution < 1.29 is 47.6 Å². The molecule has 234 valence electrons. The van der Waals surface area contributed by atoms with Gasteiger partial charge in [-0.3, -0.25) is 19.2 Å². The zero-order valence-electron chi connectivity index (χ0n) is 24.9. The van der Waals surface area contributed by atoms with Gasteiger partial charge in [0, 0.05) is 13.1 Å². The van der Waals surface area contributed by atoms with Crippen LogP contribution >= 0.6 is 0 Å². The van der Waals surface area contributed by atoms with Gasteiger partial charge in [0.2, 0.25) is 11.8 Å². The van der Waals surface area contributed by atoms with Crippen molar-refractivity contribution in [2.45, 2.75) is 77.7 Å². The summed E-state index contributed by atoms with van der Waals surface area (Å²) in [7, 11) is 0. The molecule has 0 radical (unpaired) electrons. The van der Waals surface area contributed by atoms with Crippen molar-refractivity contribution in [2.75, 3.05) is 65.9 Å². The number of hydrogen-bond acceptors (Lipinski definition) is 12. The Morgan fingerprint density at radius 3 is 1.10 bits per heavy atom. The molecule has 0 aromatic heterocycles. The topological polar surface area (TPSA) is 200 Å². The zero-order chi connectivity index (χ0) is 30.6. The van der Waals surface area contributed by atoms with Crippen molar-refractivity contribution in [3.05, 3.63) is 0 Å². The lowest BCUT2D eigenvalue weighted by molar-refractivity contribution is -0.157. The summed E-state index contributed by atoms with van der Waals surface area (Å²) in [6.45, 7) is 13.7. The number of rotatable bonds is 21. The first-order valence-corrected chi connectivity index (χ1v) is 13.4. The van der Waals surface area contributed by atoms with Crippen LogP contribution in [-0.2, 0) is 47.6 Å². The lowest BCUT2D eigenvalue weighted by Gasteiger charge is -2.20. The predicted molar refractivity (Wildman–Crippen MR) is 146 cm³/mol. The van der Waals surface area contributed by atoms with Gasteiger partial charge in [0.25, 0.3) is 0 Å². The summed E-state index contributed by atoms with van der Waals surface area (Å²) in [6, 6.07) is -1.96. The number of ether oxygens (including phenoxy) is 6. The minimum Gasteiger partial charge on any atom is -0.460 e. The van der Waals surface area contributed by atoms with Crippen LogP contribution in [0.25, 0.3) is 0 Å². The third-order valence-corrected chi connectivity index (χ3v) is 4.49. The van der Waals surface area contributed by atoms with Gasteiger partial charge in [-0.15, -0.1) is 0 Å². The van der Waals surface area contributed by atoms with E-state index < -0.39 is 47.0 Å². The number of nitrogens with two attached hydrogens (primary N) is 2. The summed E-state index contributed by atoms with van der Waals surface area (Å²) in [4.78, 5) is 47.3. The van der Waals surface area contributed by atoms with Crippen LogP contribution in [-0.4, -0.2) is 113 Å². The van der Waals surface area contributed by atoms with E-state index in [9.17, 15) is 19.2 Å². The highest BCUT2D eigenvalue weighted by molar-refractivity contribution is 5.87. The number of hydrogen-bond donors (Lipinski definition) is 4. The average Bonchev–Trinajstić information content (AvgIpc) is 2.80. The standard InChI is InChI=1S/C26H50N4O10/c1-25(2,3)39-21(31)17-19(27)23(33)29-7-9-35-11-13-37-15-16-38-14-12-36-10-8-30-24(34)20(28)18-22(32)40-26(4,5)6/h19-20H,7-18,27-28H2,1-6H3,(H,29,33)(H,30,34). The lowest BCUT2D eigenvalue weighted by atomic mass is 10.1. The van der Waals surface area contributed by atoms with Crippen molar-refractivity contribution in [3.63, 3.8) is 0 Å². The summed E-state index contributed by atoms with van der Waals surface area (Å²) in [6.07, 6.45) is -0.393. The van der Waals surface area contributed by atoms with Crippen molar-refractivity contribution in [3.8, 4) is 0 Å². The van der Waals surface area contributed by atoms with Crippen LogP contribution in [0.4, 0.5) is 0 Å². The Bertz CT molecular complexity index is 691. The SMILES string of the molecule is CC(C)(C)OC(=O)CC(N)C(=O)NCCOCCOCCOCCOCCNC(=O)C(N)CC(=O)OC(C)(C)C. The number of carbonyl (C=O) groups excluding carboxylic acids is 4. The molecular formula is C26H50N4O10. The summed E-state index contributed by atoms with van der Waals surface area (Å²) in [5, 5.41) is 5.21. The second kappa shape index (κ2) is 20.5. The second-order valence-corrected chi connectivity index (χ2v) is 10.8. The van der Waals surface area contributed by atoms with E-state index in [4.69, 9.17) is 39.9 Å². The average molecular weight is 579 g/mol. The van der Waals surface area contributed by atoms with Crippen LogP contribution in [0.3, 0.4) is 0 Å². The summed E-state index contributed by atoms with van der Waals surface area (Å²) >= 11 is 0. The van der Waals surface area contributed by atoms with Crippen molar-refractivity contribution >= 4 is 23.8 Å².